The van der Waals surface area contributed by atoms with Gasteiger partial charge in [0.15, 0.2) is 11.4 Å². The van der Waals surface area contributed by atoms with E-state index in [2.05, 4.69) is 15.7 Å². The van der Waals surface area contributed by atoms with Gasteiger partial charge in [-0.15, -0.1) is 0 Å². The second kappa shape index (κ2) is 9.21. The van der Waals surface area contributed by atoms with E-state index in [9.17, 15) is 14.0 Å². The Kier molecular flexibility index (Phi) is 6.46. The highest BCUT2D eigenvalue weighted by atomic mass is 19.1. The van der Waals surface area contributed by atoms with Gasteiger partial charge in [-0.3, -0.25) is 9.59 Å². The van der Waals surface area contributed by atoms with Crippen molar-refractivity contribution in [2.24, 2.45) is 13.0 Å². The minimum absolute atomic E-state index is 0.150. The normalized spacial score (nSPS) is 10.7. The topological polar surface area (TPSA) is 85.2 Å². The van der Waals surface area contributed by atoms with Crippen LogP contribution in [0.1, 0.15) is 24.2 Å². The molecule has 8 heteroatoms. The summed E-state index contributed by atoms with van der Waals surface area (Å²) in [5, 5.41) is 9.86. The van der Waals surface area contributed by atoms with Gasteiger partial charge < -0.3 is 15.4 Å². The molecule has 1 aromatic heterocycles. The molecule has 3 aromatic rings. The van der Waals surface area contributed by atoms with Crippen molar-refractivity contribution in [2.45, 2.75) is 13.8 Å². The number of aryl methyl sites for hydroxylation is 1. The Morgan fingerprint density at radius 2 is 1.93 bits per heavy atom. The number of carbonyl (C=O) groups excluding carboxylic acids is 1. The SMILES string of the molecule is CC(C)CNC(=O)c1cccc(Nc2c(Oc3ccc(F)cc3)cnn(C)c2=O)c1. The predicted molar refractivity (Wildman–Crippen MR) is 113 cm³/mol. The summed E-state index contributed by atoms with van der Waals surface area (Å²) < 4.78 is 20.0. The lowest BCUT2D eigenvalue weighted by Gasteiger charge is -2.14. The van der Waals surface area contributed by atoms with Crippen LogP contribution < -0.4 is 20.9 Å². The van der Waals surface area contributed by atoms with Crippen molar-refractivity contribution in [3.05, 3.63) is 76.5 Å². The summed E-state index contributed by atoms with van der Waals surface area (Å²) in [6.45, 7) is 4.59. The molecule has 0 fully saturated rings. The van der Waals surface area contributed by atoms with E-state index in [4.69, 9.17) is 4.74 Å². The van der Waals surface area contributed by atoms with Crippen LogP contribution in [0.15, 0.2) is 59.5 Å². The lowest BCUT2D eigenvalue weighted by molar-refractivity contribution is 0.0949. The molecule has 0 bridgehead atoms. The second-order valence-corrected chi connectivity index (χ2v) is 7.18. The van der Waals surface area contributed by atoms with Crippen molar-refractivity contribution in [1.82, 2.24) is 15.1 Å². The molecule has 2 aromatic carbocycles. The number of carbonyl (C=O) groups is 1. The first-order valence-corrected chi connectivity index (χ1v) is 9.48. The quantitative estimate of drug-likeness (QED) is 0.618. The number of halogens is 1. The van der Waals surface area contributed by atoms with E-state index in [1.165, 1.54) is 42.2 Å². The summed E-state index contributed by atoms with van der Waals surface area (Å²) in [6, 6.07) is 12.2. The van der Waals surface area contributed by atoms with Crippen LogP contribution in [0.4, 0.5) is 15.8 Å². The Bertz CT molecular complexity index is 1090. The van der Waals surface area contributed by atoms with Gasteiger partial charge in [-0.25, -0.2) is 9.07 Å². The lowest BCUT2D eigenvalue weighted by atomic mass is 10.1. The van der Waals surface area contributed by atoms with E-state index in [0.29, 0.717) is 29.5 Å². The molecule has 0 saturated carbocycles. The Hall–Kier alpha value is -3.68. The van der Waals surface area contributed by atoms with Gasteiger partial charge in [-0.1, -0.05) is 19.9 Å². The van der Waals surface area contributed by atoms with Gasteiger partial charge in [-0.2, -0.15) is 5.10 Å². The highest BCUT2D eigenvalue weighted by Crippen LogP contribution is 2.28. The fourth-order valence-electron chi connectivity index (χ4n) is 2.63. The minimum atomic E-state index is -0.413. The van der Waals surface area contributed by atoms with Gasteiger partial charge in [0.05, 0.1) is 6.20 Å². The van der Waals surface area contributed by atoms with E-state index in [-0.39, 0.29) is 17.3 Å². The van der Waals surface area contributed by atoms with Gasteiger partial charge in [0.2, 0.25) is 0 Å². The van der Waals surface area contributed by atoms with Crippen LogP contribution in [0, 0.1) is 11.7 Å². The summed E-state index contributed by atoms with van der Waals surface area (Å²) in [7, 11) is 1.52. The van der Waals surface area contributed by atoms with Crippen molar-refractivity contribution < 1.29 is 13.9 Å². The standard InChI is InChI=1S/C22H23FN4O3/c1-14(2)12-24-21(28)15-5-4-6-17(11-15)26-20-19(13-25-27(3)22(20)29)30-18-9-7-16(23)8-10-18/h4-11,13-14,26H,12H2,1-3H3,(H,24,28). The Balaban J connectivity index is 1.88. The lowest BCUT2D eigenvalue weighted by Crippen LogP contribution is -2.27. The van der Waals surface area contributed by atoms with Crippen LogP contribution in [-0.2, 0) is 7.05 Å². The summed E-state index contributed by atoms with van der Waals surface area (Å²) in [5.74, 6) is 0.282. The van der Waals surface area contributed by atoms with Crippen molar-refractivity contribution >= 4 is 17.3 Å². The fraction of sp³-hybridized carbons (Fsp3) is 0.227. The van der Waals surface area contributed by atoms with Gasteiger partial charge in [0.25, 0.3) is 11.5 Å². The van der Waals surface area contributed by atoms with E-state index in [1.54, 1.807) is 24.3 Å². The van der Waals surface area contributed by atoms with E-state index in [0.717, 1.165) is 0 Å². The molecule has 30 heavy (non-hydrogen) atoms. The van der Waals surface area contributed by atoms with Crippen LogP contribution in [0.5, 0.6) is 11.5 Å². The molecule has 0 aliphatic rings. The molecule has 2 N–H and O–H groups in total. The van der Waals surface area contributed by atoms with E-state index < -0.39 is 11.4 Å². The van der Waals surface area contributed by atoms with E-state index >= 15 is 0 Å². The highest BCUT2D eigenvalue weighted by Gasteiger charge is 2.14. The summed E-state index contributed by atoms with van der Waals surface area (Å²) in [4.78, 5) is 25.0. The maximum atomic E-state index is 13.1. The molecule has 0 radical (unpaired) electrons. The summed E-state index contributed by atoms with van der Waals surface area (Å²) in [6.07, 6.45) is 1.40. The zero-order valence-corrected chi connectivity index (χ0v) is 17.0. The van der Waals surface area contributed by atoms with Gasteiger partial charge in [0, 0.05) is 24.8 Å². The van der Waals surface area contributed by atoms with Crippen molar-refractivity contribution in [3.63, 3.8) is 0 Å². The first-order chi connectivity index (χ1) is 14.3. The number of nitrogens with zero attached hydrogens (tertiary/aromatic N) is 2. The highest BCUT2D eigenvalue weighted by molar-refractivity contribution is 5.95. The average molecular weight is 410 g/mol. The summed E-state index contributed by atoms with van der Waals surface area (Å²) >= 11 is 0. The molecule has 0 aliphatic carbocycles. The molecule has 0 saturated heterocycles. The molecule has 1 amide bonds. The van der Waals surface area contributed by atoms with E-state index in [1.807, 2.05) is 13.8 Å². The molecule has 156 valence electrons. The number of amides is 1. The Morgan fingerprint density at radius 3 is 2.63 bits per heavy atom. The molecule has 7 nitrogen and oxygen atoms in total. The molecule has 0 aliphatic heterocycles. The minimum Gasteiger partial charge on any atom is -0.453 e. The Labute approximate surface area is 173 Å². The number of aromatic nitrogens is 2. The van der Waals surface area contributed by atoms with Crippen molar-refractivity contribution in [1.29, 1.82) is 0 Å². The fourth-order valence-corrected chi connectivity index (χ4v) is 2.63. The third-order valence-electron chi connectivity index (χ3n) is 4.21. The third-order valence-corrected chi connectivity index (χ3v) is 4.21. The van der Waals surface area contributed by atoms with Crippen LogP contribution in [0.25, 0.3) is 0 Å². The van der Waals surface area contributed by atoms with Gasteiger partial charge in [0.1, 0.15) is 11.6 Å². The molecular formula is C22H23FN4O3. The molecular weight excluding hydrogens is 387 g/mol. The number of rotatable bonds is 7. The van der Waals surface area contributed by atoms with Gasteiger partial charge in [-0.05, 0) is 48.4 Å². The first kappa shape index (κ1) is 21.0. The Morgan fingerprint density at radius 1 is 1.20 bits per heavy atom. The maximum absolute atomic E-state index is 13.1. The number of ether oxygens (including phenoxy) is 1. The molecule has 0 atom stereocenters. The van der Waals surface area contributed by atoms with Crippen LogP contribution >= 0.6 is 0 Å². The number of nitrogens with one attached hydrogen (secondary N) is 2. The molecule has 1 heterocycles. The predicted octanol–water partition coefficient (Wildman–Crippen LogP) is 3.84. The number of hydrogen-bond donors (Lipinski definition) is 2. The molecule has 0 unspecified atom stereocenters. The zero-order chi connectivity index (χ0) is 21.7. The van der Waals surface area contributed by atoms with Crippen molar-refractivity contribution in [3.8, 4) is 11.5 Å². The van der Waals surface area contributed by atoms with Crippen molar-refractivity contribution in [2.75, 3.05) is 11.9 Å². The van der Waals surface area contributed by atoms with Crippen LogP contribution in [-0.4, -0.2) is 22.2 Å². The monoisotopic (exact) mass is 410 g/mol. The first-order valence-electron chi connectivity index (χ1n) is 9.48. The second-order valence-electron chi connectivity index (χ2n) is 7.18. The zero-order valence-electron chi connectivity index (χ0n) is 17.0. The van der Waals surface area contributed by atoms with Crippen LogP contribution in [0.3, 0.4) is 0 Å². The average Bonchev–Trinajstić information content (AvgIpc) is 2.73. The maximum Gasteiger partial charge on any atom is 0.294 e. The smallest absolute Gasteiger partial charge is 0.294 e. The third kappa shape index (κ3) is 5.22. The number of anilines is 2. The van der Waals surface area contributed by atoms with Crippen LogP contribution in [0.2, 0.25) is 0 Å². The molecule has 0 spiro atoms. The number of hydrogen-bond acceptors (Lipinski definition) is 5. The van der Waals surface area contributed by atoms with Gasteiger partial charge >= 0.3 is 0 Å². The largest absolute Gasteiger partial charge is 0.453 e. The summed E-state index contributed by atoms with van der Waals surface area (Å²) in [5.41, 5.74) is 0.743. The molecule has 3 rings (SSSR count). The number of benzene rings is 2.